The number of H-pyrrole nitrogens is 1. The molecule has 26 heavy (non-hydrogen) atoms. The number of fused-ring (bicyclic) bond motifs is 1. The van der Waals surface area contributed by atoms with E-state index in [-0.39, 0.29) is 11.2 Å². The molecule has 0 aliphatic carbocycles. The summed E-state index contributed by atoms with van der Waals surface area (Å²) in [6.07, 6.45) is -1.13. The first-order chi connectivity index (χ1) is 12.7. The molecule has 3 aromatic heterocycles. The van der Waals surface area contributed by atoms with Gasteiger partial charge >= 0.3 is 0 Å². The van der Waals surface area contributed by atoms with Crippen molar-refractivity contribution in [3.8, 4) is 28.4 Å². The van der Waals surface area contributed by atoms with Crippen molar-refractivity contribution in [1.82, 2.24) is 20.2 Å². The fourth-order valence-electron chi connectivity index (χ4n) is 2.84. The number of benzene rings is 1. The van der Waals surface area contributed by atoms with E-state index < -0.39 is 6.43 Å². The smallest absolute Gasteiger partial charge is 0.264 e. The van der Waals surface area contributed by atoms with Crippen LogP contribution in [0.5, 0.6) is 5.88 Å². The number of halogens is 2. The molecule has 0 bridgehead atoms. The number of nitrogens with zero attached hydrogens (tertiary/aromatic N) is 3. The van der Waals surface area contributed by atoms with E-state index in [1.807, 2.05) is 30.3 Å². The molecule has 5 nitrogen and oxygen atoms in total. The molecule has 0 fully saturated rings. The molecule has 7 heteroatoms. The van der Waals surface area contributed by atoms with E-state index >= 15 is 0 Å². The number of aromatic amines is 1. The van der Waals surface area contributed by atoms with Crippen LogP contribution in [0.15, 0.2) is 54.7 Å². The molecule has 0 unspecified atom stereocenters. The lowest BCUT2D eigenvalue weighted by molar-refractivity contribution is 0.153. The summed E-state index contributed by atoms with van der Waals surface area (Å²) < 4.78 is 32.6. The van der Waals surface area contributed by atoms with Gasteiger partial charge in [0, 0.05) is 29.0 Å². The van der Waals surface area contributed by atoms with Gasteiger partial charge in [-0.1, -0.05) is 30.3 Å². The summed E-state index contributed by atoms with van der Waals surface area (Å²) in [5.41, 5.74) is 2.43. The van der Waals surface area contributed by atoms with E-state index in [0.29, 0.717) is 28.2 Å². The van der Waals surface area contributed by atoms with Crippen molar-refractivity contribution in [2.75, 3.05) is 7.11 Å². The normalized spacial score (nSPS) is 11.2. The first kappa shape index (κ1) is 16.1. The van der Waals surface area contributed by atoms with E-state index in [4.69, 9.17) is 4.74 Å². The first-order valence-corrected chi connectivity index (χ1v) is 7.90. The lowest BCUT2D eigenvalue weighted by atomic mass is 10.0. The number of hydrogen-bond donors (Lipinski definition) is 1. The van der Waals surface area contributed by atoms with Crippen LogP contribution in [-0.2, 0) is 0 Å². The van der Waals surface area contributed by atoms with Crippen LogP contribution < -0.4 is 4.74 Å². The highest BCUT2D eigenvalue weighted by Crippen LogP contribution is 2.35. The van der Waals surface area contributed by atoms with E-state index in [2.05, 4.69) is 20.2 Å². The van der Waals surface area contributed by atoms with E-state index in [0.717, 1.165) is 5.56 Å². The van der Waals surface area contributed by atoms with Crippen LogP contribution in [0.4, 0.5) is 8.78 Å². The van der Waals surface area contributed by atoms with Gasteiger partial charge in [-0.05, 0) is 12.1 Å². The van der Waals surface area contributed by atoms with Gasteiger partial charge in [0.25, 0.3) is 6.43 Å². The third-order valence-electron chi connectivity index (χ3n) is 4.09. The van der Waals surface area contributed by atoms with Gasteiger partial charge in [0.1, 0.15) is 0 Å². The molecule has 0 spiro atoms. The van der Waals surface area contributed by atoms with Gasteiger partial charge in [0.2, 0.25) is 5.88 Å². The van der Waals surface area contributed by atoms with Gasteiger partial charge in [0.05, 0.1) is 23.9 Å². The molecule has 4 aromatic rings. The Balaban J connectivity index is 1.91. The van der Waals surface area contributed by atoms with E-state index in [9.17, 15) is 8.78 Å². The minimum Gasteiger partial charge on any atom is -0.481 e. The van der Waals surface area contributed by atoms with Crippen molar-refractivity contribution in [2.45, 2.75) is 6.43 Å². The Labute approximate surface area is 147 Å². The van der Waals surface area contributed by atoms with Crippen LogP contribution in [0, 0.1) is 0 Å². The highest BCUT2D eigenvalue weighted by atomic mass is 19.3. The molecule has 0 saturated heterocycles. The number of methoxy groups -OCH3 is 1. The Hall–Kier alpha value is -3.35. The number of hydrogen-bond acceptors (Lipinski definition) is 4. The SMILES string of the molecule is COc1ccc(-c2cc(C(F)F)c3c(-c4ccccc4)[nH]nc3n2)cn1. The number of pyridine rings is 2. The van der Waals surface area contributed by atoms with Gasteiger partial charge in [-0.15, -0.1) is 0 Å². The molecule has 0 aliphatic heterocycles. The lowest BCUT2D eigenvalue weighted by Crippen LogP contribution is -1.94. The van der Waals surface area contributed by atoms with Crippen LogP contribution in [0.1, 0.15) is 12.0 Å². The zero-order chi connectivity index (χ0) is 18.1. The monoisotopic (exact) mass is 352 g/mol. The maximum atomic E-state index is 13.8. The number of aromatic nitrogens is 4. The summed E-state index contributed by atoms with van der Waals surface area (Å²) in [6, 6.07) is 14.0. The number of nitrogens with one attached hydrogen (secondary N) is 1. The third-order valence-corrected chi connectivity index (χ3v) is 4.09. The highest BCUT2D eigenvalue weighted by molar-refractivity contribution is 5.95. The van der Waals surface area contributed by atoms with Gasteiger partial charge in [0.15, 0.2) is 5.65 Å². The Bertz CT molecular complexity index is 1050. The number of rotatable bonds is 4. The van der Waals surface area contributed by atoms with Crippen molar-refractivity contribution in [1.29, 1.82) is 0 Å². The number of ether oxygens (including phenoxy) is 1. The second kappa shape index (κ2) is 6.51. The van der Waals surface area contributed by atoms with Gasteiger partial charge in [-0.2, -0.15) is 5.10 Å². The zero-order valence-electron chi connectivity index (χ0n) is 13.8. The molecule has 0 atom stereocenters. The molecule has 130 valence electrons. The molecule has 3 heterocycles. The quantitative estimate of drug-likeness (QED) is 0.581. The molecular formula is C19H14F2N4O. The van der Waals surface area contributed by atoms with Crippen LogP contribution in [-0.4, -0.2) is 27.3 Å². The number of alkyl halides is 2. The molecule has 0 radical (unpaired) electrons. The first-order valence-electron chi connectivity index (χ1n) is 7.90. The summed E-state index contributed by atoms with van der Waals surface area (Å²) in [6.45, 7) is 0. The largest absolute Gasteiger partial charge is 0.481 e. The standard InChI is InChI=1S/C19H14F2N4O/c1-26-15-8-7-12(10-22-15)14-9-13(18(20)21)16-17(24-25-19(16)23-14)11-5-3-2-4-6-11/h2-10,18H,1H3,(H,23,24,25). The maximum Gasteiger partial charge on any atom is 0.264 e. The molecule has 0 aliphatic rings. The van der Waals surface area contributed by atoms with Crippen LogP contribution in [0.25, 0.3) is 33.5 Å². The van der Waals surface area contributed by atoms with Crippen molar-refractivity contribution in [3.63, 3.8) is 0 Å². The topological polar surface area (TPSA) is 63.7 Å². The second-order valence-corrected chi connectivity index (χ2v) is 5.65. The highest BCUT2D eigenvalue weighted by Gasteiger charge is 2.21. The summed E-state index contributed by atoms with van der Waals surface area (Å²) in [4.78, 5) is 8.54. The maximum absolute atomic E-state index is 13.8. The van der Waals surface area contributed by atoms with Crippen molar-refractivity contribution < 1.29 is 13.5 Å². The fourth-order valence-corrected chi connectivity index (χ4v) is 2.84. The van der Waals surface area contributed by atoms with Gasteiger partial charge < -0.3 is 4.74 Å². The minimum atomic E-state index is -2.66. The Morgan fingerprint density at radius 1 is 1.04 bits per heavy atom. The average molecular weight is 352 g/mol. The zero-order valence-corrected chi connectivity index (χ0v) is 13.8. The molecule has 0 saturated carbocycles. The Morgan fingerprint density at radius 2 is 1.85 bits per heavy atom. The predicted octanol–water partition coefficient (Wildman–Crippen LogP) is 4.63. The summed E-state index contributed by atoms with van der Waals surface area (Å²) in [7, 11) is 1.51. The van der Waals surface area contributed by atoms with Crippen LogP contribution >= 0.6 is 0 Å². The molecular weight excluding hydrogens is 338 g/mol. The van der Waals surface area contributed by atoms with Gasteiger partial charge in [-0.3, -0.25) is 5.10 Å². The summed E-state index contributed by atoms with van der Waals surface area (Å²) in [5, 5.41) is 7.31. The average Bonchev–Trinajstić information content (AvgIpc) is 3.12. The molecule has 0 amide bonds. The van der Waals surface area contributed by atoms with Crippen LogP contribution in [0.2, 0.25) is 0 Å². The lowest BCUT2D eigenvalue weighted by Gasteiger charge is -2.08. The van der Waals surface area contributed by atoms with E-state index in [1.165, 1.54) is 19.4 Å². The fraction of sp³-hybridized carbons (Fsp3) is 0.105. The van der Waals surface area contributed by atoms with Crippen LogP contribution in [0.3, 0.4) is 0 Å². The van der Waals surface area contributed by atoms with Crippen molar-refractivity contribution >= 4 is 11.0 Å². The predicted molar refractivity (Wildman–Crippen MR) is 94.1 cm³/mol. The Kier molecular flexibility index (Phi) is 4.04. The van der Waals surface area contributed by atoms with E-state index in [1.54, 1.807) is 12.1 Å². The molecule has 4 rings (SSSR count). The minimum absolute atomic E-state index is 0.117. The second-order valence-electron chi connectivity index (χ2n) is 5.65. The van der Waals surface area contributed by atoms with Crippen molar-refractivity contribution in [2.24, 2.45) is 0 Å². The van der Waals surface area contributed by atoms with Crippen molar-refractivity contribution in [3.05, 3.63) is 60.3 Å². The molecule has 1 N–H and O–H groups in total. The van der Waals surface area contributed by atoms with Gasteiger partial charge in [-0.25, -0.2) is 18.7 Å². The summed E-state index contributed by atoms with van der Waals surface area (Å²) in [5.74, 6) is 0.440. The Morgan fingerprint density at radius 3 is 2.50 bits per heavy atom. The third kappa shape index (κ3) is 2.77. The summed E-state index contributed by atoms with van der Waals surface area (Å²) >= 11 is 0. The molecule has 1 aromatic carbocycles.